The Hall–Kier alpha value is -2.33. The predicted octanol–water partition coefficient (Wildman–Crippen LogP) is 3.06. The average Bonchev–Trinajstić information content (AvgIpc) is 2.83. The summed E-state index contributed by atoms with van der Waals surface area (Å²) in [5.74, 6) is 0. The first-order valence-electron chi connectivity index (χ1n) is 7.05. The number of ether oxygens (including phenoxy) is 1. The SMILES string of the molecule is N[C@@H]1C[C@H](NC(=O)OCc2ccccc2)c2ccccc21. The molecule has 2 aromatic carbocycles. The smallest absolute Gasteiger partial charge is 0.407 e. The van der Waals surface area contributed by atoms with E-state index in [-0.39, 0.29) is 18.7 Å². The molecule has 4 nitrogen and oxygen atoms in total. The van der Waals surface area contributed by atoms with Crippen molar-refractivity contribution in [3.63, 3.8) is 0 Å². The van der Waals surface area contributed by atoms with E-state index in [4.69, 9.17) is 10.5 Å². The van der Waals surface area contributed by atoms with Crippen LogP contribution in [-0.4, -0.2) is 6.09 Å². The molecule has 2 atom stereocenters. The van der Waals surface area contributed by atoms with Gasteiger partial charge in [-0.3, -0.25) is 0 Å². The van der Waals surface area contributed by atoms with Gasteiger partial charge in [0.05, 0.1) is 6.04 Å². The highest BCUT2D eigenvalue weighted by Crippen LogP contribution is 2.36. The zero-order valence-corrected chi connectivity index (χ0v) is 11.7. The van der Waals surface area contributed by atoms with Gasteiger partial charge in [0, 0.05) is 6.04 Å². The second-order valence-electron chi connectivity index (χ2n) is 5.23. The Morgan fingerprint density at radius 3 is 2.52 bits per heavy atom. The van der Waals surface area contributed by atoms with Crippen LogP contribution < -0.4 is 11.1 Å². The van der Waals surface area contributed by atoms with Crippen molar-refractivity contribution >= 4 is 6.09 Å². The van der Waals surface area contributed by atoms with Crippen LogP contribution in [0.2, 0.25) is 0 Å². The highest BCUT2D eigenvalue weighted by Gasteiger charge is 2.29. The van der Waals surface area contributed by atoms with E-state index in [0.717, 1.165) is 16.7 Å². The number of amides is 1. The summed E-state index contributed by atoms with van der Waals surface area (Å²) in [5, 5.41) is 2.89. The van der Waals surface area contributed by atoms with Crippen molar-refractivity contribution in [2.24, 2.45) is 5.73 Å². The summed E-state index contributed by atoms with van der Waals surface area (Å²) in [6.07, 6.45) is 0.299. The molecule has 0 radical (unpaired) electrons. The summed E-state index contributed by atoms with van der Waals surface area (Å²) in [5.41, 5.74) is 9.24. The van der Waals surface area contributed by atoms with Gasteiger partial charge >= 0.3 is 6.09 Å². The highest BCUT2D eigenvalue weighted by atomic mass is 16.5. The van der Waals surface area contributed by atoms with Crippen LogP contribution in [0.15, 0.2) is 54.6 Å². The molecule has 0 spiro atoms. The molecule has 3 N–H and O–H groups in total. The van der Waals surface area contributed by atoms with Crippen molar-refractivity contribution in [1.29, 1.82) is 0 Å². The number of fused-ring (bicyclic) bond motifs is 1. The summed E-state index contributed by atoms with van der Waals surface area (Å²) < 4.78 is 5.25. The first-order chi connectivity index (χ1) is 10.2. The third-order valence-corrected chi connectivity index (χ3v) is 3.77. The Bertz CT molecular complexity index is 628. The highest BCUT2D eigenvalue weighted by molar-refractivity contribution is 5.68. The van der Waals surface area contributed by atoms with Gasteiger partial charge in [0.25, 0.3) is 0 Å². The molecule has 1 amide bonds. The van der Waals surface area contributed by atoms with Crippen LogP contribution in [0.25, 0.3) is 0 Å². The Kier molecular flexibility index (Phi) is 3.88. The molecule has 0 aliphatic heterocycles. The quantitative estimate of drug-likeness (QED) is 0.909. The zero-order valence-electron chi connectivity index (χ0n) is 11.7. The molecule has 0 heterocycles. The first-order valence-corrected chi connectivity index (χ1v) is 7.05. The number of carbonyl (C=O) groups is 1. The third kappa shape index (κ3) is 3.06. The minimum atomic E-state index is -0.409. The fourth-order valence-corrected chi connectivity index (χ4v) is 2.72. The van der Waals surface area contributed by atoms with Crippen LogP contribution >= 0.6 is 0 Å². The van der Waals surface area contributed by atoms with Crippen LogP contribution in [0, 0.1) is 0 Å². The van der Waals surface area contributed by atoms with Gasteiger partial charge in [-0.15, -0.1) is 0 Å². The lowest BCUT2D eigenvalue weighted by Crippen LogP contribution is -2.28. The van der Waals surface area contributed by atoms with Crippen molar-refractivity contribution < 1.29 is 9.53 Å². The van der Waals surface area contributed by atoms with Crippen LogP contribution in [0.5, 0.6) is 0 Å². The summed E-state index contributed by atoms with van der Waals surface area (Å²) in [4.78, 5) is 11.9. The molecule has 0 bridgehead atoms. The number of hydrogen-bond acceptors (Lipinski definition) is 3. The van der Waals surface area contributed by atoms with Crippen molar-refractivity contribution in [3.8, 4) is 0 Å². The molecule has 0 aromatic heterocycles. The molecular formula is C17H18N2O2. The molecular weight excluding hydrogens is 264 g/mol. The monoisotopic (exact) mass is 282 g/mol. The van der Waals surface area contributed by atoms with Crippen molar-refractivity contribution in [3.05, 3.63) is 71.3 Å². The number of nitrogens with two attached hydrogens (primary N) is 1. The number of carbonyl (C=O) groups excluding carboxylic acids is 1. The van der Waals surface area contributed by atoms with Gasteiger partial charge in [-0.25, -0.2) is 4.79 Å². The fraction of sp³-hybridized carbons (Fsp3) is 0.235. The van der Waals surface area contributed by atoms with E-state index in [1.165, 1.54) is 0 Å². The van der Waals surface area contributed by atoms with E-state index in [1.807, 2.05) is 54.6 Å². The first kappa shape index (κ1) is 13.6. The molecule has 1 aliphatic carbocycles. The van der Waals surface area contributed by atoms with E-state index in [2.05, 4.69) is 5.32 Å². The molecule has 108 valence electrons. The topological polar surface area (TPSA) is 64.3 Å². The summed E-state index contributed by atoms with van der Waals surface area (Å²) in [7, 11) is 0. The molecule has 0 saturated heterocycles. The molecule has 1 aliphatic rings. The Balaban J connectivity index is 1.59. The maximum atomic E-state index is 11.9. The van der Waals surface area contributed by atoms with E-state index < -0.39 is 6.09 Å². The lowest BCUT2D eigenvalue weighted by molar-refractivity contribution is 0.135. The predicted molar refractivity (Wildman–Crippen MR) is 80.5 cm³/mol. The van der Waals surface area contributed by atoms with Crippen LogP contribution in [0.1, 0.15) is 35.2 Å². The normalized spacial score (nSPS) is 19.9. The molecule has 0 fully saturated rings. The minimum Gasteiger partial charge on any atom is -0.445 e. The molecule has 21 heavy (non-hydrogen) atoms. The average molecular weight is 282 g/mol. The molecule has 2 aromatic rings. The van der Waals surface area contributed by atoms with Gasteiger partial charge in [-0.2, -0.15) is 0 Å². The lowest BCUT2D eigenvalue weighted by atomic mass is 10.1. The van der Waals surface area contributed by atoms with E-state index in [1.54, 1.807) is 0 Å². The van der Waals surface area contributed by atoms with Crippen molar-refractivity contribution in [2.75, 3.05) is 0 Å². The number of rotatable bonds is 3. The van der Waals surface area contributed by atoms with Crippen molar-refractivity contribution in [2.45, 2.75) is 25.1 Å². The third-order valence-electron chi connectivity index (χ3n) is 3.77. The number of benzene rings is 2. The summed E-state index contributed by atoms with van der Waals surface area (Å²) >= 11 is 0. The van der Waals surface area contributed by atoms with Gasteiger partial charge in [-0.1, -0.05) is 54.6 Å². The van der Waals surface area contributed by atoms with Crippen LogP contribution in [0.3, 0.4) is 0 Å². The van der Waals surface area contributed by atoms with Gasteiger partial charge in [0.2, 0.25) is 0 Å². The minimum absolute atomic E-state index is 0.0272. The number of alkyl carbamates (subject to hydrolysis) is 1. The second-order valence-corrected chi connectivity index (χ2v) is 5.23. The van der Waals surface area contributed by atoms with E-state index in [0.29, 0.717) is 6.42 Å². The van der Waals surface area contributed by atoms with E-state index >= 15 is 0 Å². The standard InChI is InChI=1S/C17H18N2O2/c18-15-10-16(14-9-5-4-8-13(14)15)19-17(20)21-11-12-6-2-1-3-7-12/h1-9,15-16H,10-11,18H2,(H,19,20)/t15-,16+/m1/s1. The van der Waals surface area contributed by atoms with Gasteiger partial charge in [0.1, 0.15) is 6.61 Å². The zero-order chi connectivity index (χ0) is 14.7. The molecule has 4 heteroatoms. The van der Waals surface area contributed by atoms with Gasteiger partial charge < -0.3 is 15.8 Å². The maximum absolute atomic E-state index is 11.9. The largest absolute Gasteiger partial charge is 0.445 e. The van der Waals surface area contributed by atoms with Crippen LogP contribution in [-0.2, 0) is 11.3 Å². The Morgan fingerprint density at radius 2 is 1.76 bits per heavy atom. The van der Waals surface area contributed by atoms with Gasteiger partial charge in [-0.05, 0) is 23.1 Å². The second kappa shape index (κ2) is 5.97. The van der Waals surface area contributed by atoms with Gasteiger partial charge in [0.15, 0.2) is 0 Å². The molecule has 3 rings (SSSR count). The molecule has 0 unspecified atom stereocenters. The number of nitrogens with one attached hydrogen (secondary N) is 1. The maximum Gasteiger partial charge on any atom is 0.407 e. The summed E-state index contributed by atoms with van der Waals surface area (Å²) in [6, 6.07) is 17.5. The van der Waals surface area contributed by atoms with Crippen LogP contribution in [0.4, 0.5) is 4.79 Å². The number of hydrogen-bond donors (Lipinski definition) is 2. The van der Waals surface area contributed by atoms with E-state index in [9.17, 15) is 4.79 Å². The summed E-state index contributed by atoms with van der Waals surface area (Å²) in [6.45, 7) is 0.271. The lowest BCUT2D eigenvalue weighted by Gasteiger charge is -2.14. The fourth-order valence-electron chi connectivity index (χ4n) is 2.72. The van der Waals surface area contributed by atoms with Crippen molar-refractivity contribution in [1.82, 2.24) is 5.32 Å². The Morgan fingerprint density at radius 1 is 1.10 bits per heavy atom. The Labute approximate surface area is 123 Å². The molecule has 0 saturated carbocycles.